The lowest BCUT2D eigenvalue weighted by molar-refractivity contribution is -0.142. The second kappa shape index (κ2) is 13.0. The number of hydrogen-bond acceptors (Lipinski definition) is 4. The Morgan fingerprint density at radius 3 is 2.42 bits per heavy atom. The standard InChI is InChI=1S/C31H36ClF3N5O3/c32-25-18-20(17-24(28(25)36)31(33,34)35)16-22(29(42)39-11-4-1-5-12-39)19-27(41)38-13-9-23(10-14-38)40-15-8-21-6-2-3-7-26(21)37-30(40)43/h1-3,6-7,17-18,22-23H,4-5,8-16,19,36H2,(H,37,43)/t22-/m0/s1. The van der Waals surface area contributed by atoms with Gasteiger partial charge in [0.1, 0.15) is 0 Å². The summed E-state index contributed by atoms with van der Waals surface area (Å²) in [6.07, 6.45) is 0.549. The molecule has 0 aliphatic carbocycles. The molecule has 5 rings (SSSR count). The van der Waals surface area contributed by atoms with Gasteiger partial charge < -0.3 is 25.8 Å². The SMILES string of the molecule is Nc1c(Cl)cc(C[C@@H](CC(=O)N2CCC(N3CCc4ccccc4NC3=O)CC2)C(=O)N2CC[CH]CC2)cc1C(F)(F)F. The highest BCUT2D eigenvalue weighted by Gasteiger charge is 2.37. The fourth-order valence-corrected chi connectivity index (χ4v) is 6.53. The van der Waals surface area contributed by atoms with Gasteiger partial charge in [0.15, 0.2) is 0 Å². The number of alkyl halides is 3. The second-order valence-electron chi connectivity index (χ2n) is 11.5. The van der Waals surface area contributed by atoms with Gasteiger partial charge in [-0.25, -0.2) is 4.79 Å². The van der Waals surface area contributed by atoms with Crippen LogP contribution < -0.4 is 11.1 Å². The van der Waals surface area contributed by atoms with Crippen molar-refractivity contribution >= 4 is 40.8 Å². The highest BCUT2D eigenvalue weighted by molar-refractivity contribution is 6.33. The highest BCUT2D eigenvalue weighted by atomic mass is 35.5. The molecule has 0 aromatic heterocycles. The largest absolute Gasteiger partial charge is 0.418 e. The lowest BCUT2D eigenvalue weighted by atomic mass is 9.91. The van der Waals surface area contributed by atoms with Gasteiger partial charge in [-0.1, -0.05) is 29.8 Å². The summed E-state index contributed by atoms with van der Waals surface area (Å²) < 4.78 is 40.9. The van der Waals surface area contributed by atoms with E-state index in [4.69, 9.17) is 17.3 Å². The van der Waals surface area contributed by atoms with Crippen molar-refractivity contribution in [1.82, 2.24) is 14.7 Å². The van der Waals surface area contributed by atoms with E-state index in [1.165, 1.54) is 6.07 Å². The average molecular weight is 619 g/mol. The first-order valence-electron chi connectivity index (χ1n) is 14.7. The minimum absolute atomic E-state index is 0.0295. The number of nitrogens with two attached hydrogens (primary N) is 1. The zero-order chi connectivity index (χ0) is 30.7. The summed E-state index contributed by atoms with van der Waals surface area (Å²) in [7, 11) is 0. The molecule has 2 aromatic rings. The molecular weight excluding hydrogens is 583 g/mol. The first-order valence-corrected chi connectivity index (χ1v) is 15.1. The molecule has 231 valence electrons. The monoisotopic (exact) mass is 618 g/mol. The number of nitrogens with zero attached hydrogens (tertiary/aromatic N) is 3. The Hall–Kier alpha value is -3.47. The summed E-state index contributed by atoms with van der Waals surface area (Å²) in [5.74, 6) is -1.33. The molecule has 3 heterocycles. The van der Waals surface area contributed by atoms with Gasteiger partial charge in [0.25, 0.3) is 0 Å². The maximum atomic E-state index is 13.6. The molecule has 4 amide bonds. The van der Waals surface area contributed by atoms with Crippen LogP contribution in [0, 0.1) is 12.3 Å². The molecule has 2 fully saturated rings. The third-order valence-corrected chi connectivity index (χ3v) is 8.98. The summed E-state index contributed by atoms with van der Waals surface area (Å²) >= 11 is 6.06. The van der Waals surface area contributed by atoms with Crippen LogP contribution in [0.25, 0.3) is 0 Å². The first-order chi connectivity index (χ1) is 20.5. The molecule has 1 radical (unpaired) electrons. The molecule has 0 spiro atoms. The minimum Gasteiger partial charge on any atom is -0.397 e. The van der Waals surface area contributed by atoms with Crippen molar-refractivity contribution in [3.8, 4) is 0 Å². The summed E-state index contributed by atoms with van der Waals surface area (Å²) in [6, 6.07) is 9.81. The predicted octanol–water partition coefficient (Wildman–Crippen LogP) is 5.40. The molecule has 8 nitrogen and oxygen atoms in total. The lowest BCUT2D eigenvalue weighted by Gasteiger charge is -2.38. The maximum absolute atomic E-state index is 13.6. The Labute approximate surface area is 254 Å². The highest BCUT2D eigenvalue weighted by Crippen LogP contribution is 2.38. The van der Waals surface area contributed by atoms with Crippen LogP contribution in [0.15, 0.2) is 36.4 Å². The number of hydrogen-bond donors (Lipinski definition) is 2. The van der Waals surface area contributed by atoms with Gasteiger partial charge in [-0.3, -0.25) is 9.59 Å². The summed E-state index contributed by atoms with van der Waals surface area (Å²) in [6.45, 7) is 2.44. The number of para-hydroxylation sites is 1. The molecule has 3 aliphatic rings. The number of anilines is 2. The van der Waals surface area contributed by atoms with Crippen molar-refractivity contribution in [3.05, 3.63) is 64.5 Å². The maximum Gasteiger partial charge on any atom is 0.418 e. The molecule has 43 heavy (non-hydrogen) atoms. The van der Waals surface area contributed by atoms with E-state index in [2.05, 4.69) is 11.7 Å². The third-order valence-electron chi connectivity index (χ3n) is 8.66. The number of nitrogen functional groups attached to an aromatic ring is 1. The summed E-state index contributed by atoms with van der Waals surface area (Å²) in [5, 5.41) is 2.75. The molecule has 3 N–H and O–H groups in total. The molecule has 12 heteroatoms. The molecule has 0 bridgehead atoms. The van der Waals surface area contributed by atoms with E-state index >= 15 is 0 Å². The number of amides is 4. The molecular formula is C31H36ClF3N5O3. The van der Waals surface area contributed by atoms with Crippen LogP contribution >= 0.6 is 11.6 Å². The smallest absolute Gasteiger partial charge is 0.397 e. The Kier molecular flexibility index (Phi) is 9.39. The van der Waals surface area contributed by atoms with Crippen molar-refractivity contribution in [2.45, 2.75) is 57.2 Å². The van der Waals surface area contributed by atoms with Gasteiger partial charge in [-0.05, 0) is 74.3 Å². The van der Waals surface area contributed by atoms with Crippen LogP contribution in [-0.4, -0.2) is 71.3 Å². The molecule has 2 saturated heterocycles. The van der Waals surface area contributed by atoms with E-state index in [0.29, 0.717) is 45.6 Å². The van der Waals surface area contributed by atoms with E-state index in [1.807, 2.05) is 29.2 Å². The number of urea groups is 1. The molecule has 0 saturated carbocycles. The zero-order valence-corrected chi connectivity index (χ0v) is 24.6. The van der Waals surface area contributed by atoms with Gasteiger partial charge in [-0.15, -0.1) is 0 Å². The van der Waals surface area contributed by atoms with Crippen LogP contribution in [-0.2, 0) is 28.6 Å². The van der Waals surface area contributed by atoms with Crippen LogP contribution in [0.2, 0.25) is 5.02 Å². The molecule has 1 atom stereocenters. The minimum atomic E-state index is -4.71. The fraction of sp³-hybridized carbons (Fsp3) is 0.484. The van der Waals surface area contributed by atoms with Gasteiger partial charge in [-0.2, -0.15) is 13.2 Å². The van der Waals surface area contributed by atoms with Crippen molar-refractivity contribution in [1.29, 1.82) is 0 Å². The van der Waals surface area contributed by atoms with Gasteiger partial charge in [0.2, 0.25) is 11.8 Å². The predicted molar refractivity (Wildman–Crippen MR) is 158 cm³/mol. The second-order valence-corrected chi connectivity index (χ2v) is 11.9. The summed E-state index contributed by atoms with van der Waals surface area (Å²) in [4.78, 5) is 45.3. The van der Waals surface area contributed by atoms with Gasteiger partial charge in [0.05, 0.1) is 22.2 Å². The Morgan fingerprint density at radius 1 is 1.02 bits per heavy atom. The number of benzene rings is 2. The number of carbonyl (C=O) groups is 3. The summed E-state index contributed by atoms with van der Waals surface area (Å²) in [5.41, 5.74) is 6.09. The first kappa shape index (κ1) is 31.0. The normalized spacial score (nSPS) is 19.0. The van der Waals surface area contributed by atoms with E-state index in [0.717, 1.165) is 36.6 Å². The number of likely N-dealkylation sites (tertiary alicyclic amines) is 2. The Balaban J connectivity index is 1.26. The van der Waals surface area contributed by atoms with E-state index in [-0.39, 0.29) is 47.3 Å². The van der Waals surface area contributed by atoms with Crippen LogP contribution in [0.5, 0.6) is 0 Å². The number of rotatable bonds is 6. The Bertz CT molecular complexity index is 1360. The van der Waals surface area contributed by atoms with Crippen molar-refractivity contribution in [2.24, 2.45) is 5.92 Å². The number of halogens is 4. The van der Waals surface area contributed by atoms with E-state index in [1.54, 1.807) is 9.80 Å². The topological polar surface area (TPSA) is 99.0 Å². The van der Waals surface area contributed by atoms with Crippen molar-refractivity contribution in [3.63, 3.8) is 0 Å². The number of nitrogens with one attached hydrogen (secondary N) is 1. The van der Waals surface area contributed by atoms with Gasteiger partial charge in [0, 0.05) is 50.9 Å². The number of piperidine rings is 2. The van der Waals surface area contributed by atoms with E-state index in [9.17, 15) is 27.6 Å². The van der Waals surface area contributed by atoms with Crippen molar-refractivity contribution in [2.75, 3.05) is 43.8 Å². The quantitative estimate of drug-likeness (QED) is 0.424. The van der Waals surface area contributed by atoms with Crippen LogP contribution in [0.4, 0.5) is 29.3 Å². The lowest BCUT2D eigenvalue weighted by Crippen LogP contribution is -2.50. The number of fused-ring (bicyclic) bond motifs is 1. The number of carbonyl (C=O) groups excluding carboxylic acids is 3. The molecule has 0 unspecified atom stereocenters. The van der Waals surface area contributed by atoms with Gasteiger partial charge >= 0.3 is 12.2 Å². The van der Waals surface area contributed by atoms with Crippen LogP contribution in [0.3, 0.4) is 0 Å². The molecule has 2 aromatic carbocycles. The van der Waals surface area contributed by atoms with E-state index < -0.39 is 23.3 Å². The average Bonchev–Trinajstić information content (AvgIpc) is 3.16. The Morgan fingerprint density at radius 2 is 1.72 bits per heavy atom. The van der Waals surface area contributed by atoms with Crippen molar-refractivity contribution < 1.29 is 27.6 Å². The zero-order valence-electron chi connectivity index (χ0n) is 23.8. The molecule has 3 aliphatic heterocycles. The van der Waals surface area contributed by atoms with Crippen LogP contribution in [0.1, 0.15) is 48.8 Å². The third kappa shape index (κ3) is 7.20. The fourth-order valence-electron chi connectivity index (χ4n) is 6.29.